The molecule has 1 aliphatic heterocycles. The number of aliphatic hydroxyl groups is 1. The molecule has 2 N–H and O–H groups in total. The van der Waals surface area contributed by atoms with E-state index < -0.39 is 11.9 Å². The van der Waals surface area contributed by atoms with E-state index in [2.05, 4.69) is 15.4 Å². The Morgan fingerprint density at radius 2 is 2.22 bits per heavy atom. The van der Waals surface area contributed by atoms with Gasteiger partial charge in [-0.25, -0.2) is 9.37 Å². The Hall–Kier alpha value is -2.55. The van der Waals surface area contributed by atoms with Crippen molar-refractivity contribution in [2.75, 3.05) is 6.61 Å². The van der Waals surface area contributed by atoms with E-state index in [1.807, 2.05) is 18.5 Å². The van der Waals surface area contributed by atoms with Gasteiger partial charge >= 0.3 is 0 Å². The fourth-order valence-corrected chi connectivity index (χ4v) is 3.83. The SMILES string of the molecule is Cn1ccc(C2=C(CO)NC(c3nccs3)=NC2c2ccc(F)cc2Cl)n1. The van der Waals surface area contributed by atoms with E-state index in [-0.39, 0.29) is 11.6 Å². The van der Waals surface area contributed by atoms with Gasteiger partial charge in [-0.2, -0.15) is 5.10 Å². The largest absolute Gasteiger partial charge is 0.390 e. The van der Waals surface area contributed by atoms with Crippen LogP contribution in [0.3, 0.4) is 0 Å². The summed E-state index contributed by atoms with van der Waals surface area (Å²) in [5.41, 5.74) is 2.52. The van der Waals surface area contributed by atoms with Crippen LogP contribution in [0.2, 0.25) is 5.02 Å². The Balaban J connectivity index is 1.91. The number of thiazole rings is 1. The molecule has 0 spiro atoms. The number of aliphatic imine (C=N–C) groups is 1. The Morgan fingerprint density at radius 3 is 2.85 bits per heavy atom. The quantitative estimate of drug-likeness (QED) is 0.701. The van der Waals surface area contributed by atoms with Crippen molar-refractivity contribution >= 4 is 34.3 Å². The molecule has 6 nitrogen and oxygen atoms in total. The van der Waals surface area contributed by atoms with Crippen LogP contribution < -0.4 is 5.32 Å². The van der Waals surface area contributed by atoms with Crippen LogP contribution in [0, 0.1) is 5.82 Å². The monoisotopic (exact) mass is 403 g/mol. The molecule has 2 aromatic heterocycles. The predicted molar refractivity (Wildman–Crippen MR) is 103 cm³/mol. The first kappa shape index (κ1) is 17.8. The van der Waals surface area contributed by atoms with E-state index in [9.17, 15) is 9.50 Å². The second kappa shape index (κ2) is 7.22. The maximum atomic E-state index is 13.6. The summed E-state index contributed by atoms with van der Waals surface area (Å²) < 4.78 is 15.2. The molecule has 27 heavy (non-hydrogen) atoms. The van der Waals surface area contributed by atoms with Gasteiger partial charge in [0.05, 0.1) is 18.0 Å². The molecule has 0 saturated heterocycles. The molecule has 0 radical (unpaired) electrons. The summed E-state index contributed by atoms with van der Waals surface area (Å²) in [6.07, 6.45) is 3.49. The predicted octanol–water partition coefficient (Wildman–Crippen LogP) is 3.16. The van der Waals surface area contributed by atoms with Gasteiger partial charge < -0.3 is 10.4 Å². The standard InChI is InChI=1S/C18H15ClFN5OS/c1-25-6-4-13(24-25)15-14(9-26)22-17(18-21-5-7-27-18)23-16(15)11-3-2-10(20)8-12(11)19/h2-8,16,26H,9H2,1H3,(H,22,23). The molecule has 1 aromatic carbocycles. The Bertz CT molecular complexity index is 1040. The molecule has 3 heterocycles. The van der Waals surface area contributed by atoms with Gasteiger partial charge in [-0.1, -0.05) is 17.7 Å². The highest BCUT2D eigenvalue weighted by Gasteiger charge is 2.30. The number of nitrogens with zero attached hydrogens (tertiary/aromatic N) is 4. The van der Waals surface area contributed by atoms with Gasteiger partial charge in [0.2, 0.25) is 0 Å². The number of hydrogen-bond donors (Lipinski definition) is 2. The normalized spacial score (nSPS) is 17.0. The van der Waals surface area contributed by atoms with Gasteiger partial charge in [-0.15, -0.1) is 11.3 Å². The highest BCUT2D eigenvalue weighted by Crippen LogP contribution is 2.40. The zero-order chi connectivity index (χ0) is 19.0. The number of aryl methyl sites for hydroxylation is 1. The lowest BCUT2D eigenvalue weighted by molar-refractivity contribution is 0.325. The summed E-state index contributed by atoms with van der Waals surface area (Å²) in [5, 5.41) is 20.4. The van der Waals surface area contributed by atoms with Crippen LogP contribution in [-0.2, 0) is 7.05 Å². The number of halogens is 2. The lowest BCUT2D eigenvalue weighted by Gasteiger charge is -2.27. The summed E-state index contributed by atoms with van der Waals surface area (Å²) in [6, 6.07) is 5.48. The molecule has 0 amide bonds. The fourth-order valence-electron chi connectivity index (χ4n) is 2.98. The molecule has 9 heteroatoms. The van der Waals surface area contributed by atoms with Crippen molar-refractivity contribution in [1.29, 1.82) is 0 Å². The van der Waals surface area contributed by atoms with Crippen LogP contribution in [0.15, 0.2) is 52.7 Å². The van der Waals surface area contributed by atoms with Gasteiger partial charge in [0.15, 0.2) is 10.8 Å². The highest BCUT2D eigenvalue weighted by molar-refractivity contribution is 7.11. The van der Waals surface area contributed by atoms with Crippen molar-refractivity contribution in [1.82, 2.24) is 20.1 Å². The third kappa shape index (κ3) is 3.39. The van der Waals surface area contributed by atoms with Gasteiger partial charge in [0.1, 0.15) is 11.9 Å². The summed E-state index contributed by atoms with van der Waals surface area (Å²) in [4.78, 5) is 9.06. The molecule has 1 unspecified atom stereocenters. The molecule has 0 bridgehead atoms. The van der Waals surface area contributed by atoms with Gasteiger partial charge in [0.25, 0.3) is 0 Å². The van der Waals surface area contributed by atoms with Crippen molar-refractivity contribution in [3.63, 3.8) is 0 Å². The second-order valence-corrected chi connectivity index (χ2v) is 7.24. The molecule has 4 rings (SSSR count). The Kier molecular flexibility index (Phi) is 4.77. The minimum absolute atomic E-state index is 0.244. The summed E-state index contributed by atoms with van der Waals surface area (Å²) in [6.45, 7) is -0.244. The lowest BCUT2D eigenvalue weighted by Crippen LogP contribution is -2.32. The van der Waals surface area contributed by atoms with E-state index in [4.69, 9.17) is 16.6 Å². The summed E-state index contributed by atoms with van der Waals surface area (Å²) >= 11 is 7.76. The van der Waals surface area contributed by atoms with Gasteiger partial charge in [-0.05, 0) is 18.2 Å². The van der Waals surface area contributed by atoms with Crippen molar-refractivity contribution in [2.45, 2.75) is 6.04 Å². The average molecular weight is 404 g/mol. The molecular formula is C18H15ClFN5OS. The Morgan fingerprint density at radius 1 is 1.37 bits per heavy atom. The van der Waals surface area contributed by atoms with Crippen LogP contribution in [0.25, 0.3) is 5.57 Å². The molecule has 1 aliphatic rings. The van der Waals surface area contributed by atoms with Crippen molar-refractivity contribution in [3.05, 3.63) is 74.8 Å². The topological polar surface area (TPSA) is 75.3 Å². The smallest absolute Gasteiger partial charge is 0.163 e. The molecule has 1 atom stereocenters. The number of aromatic nitrogens is 3. The number of amidine groups is 1. The zero-order valence-electron chi connectivity index (χ0n) is 14.2. The molecular weight excluding hydrogens is 389 g/mol. The van der Waals surface area contributed by atoms with Crippen LogP contribution in [0.1, 0.15) is 22.3 Å². The van der Waals surface area contributed by atoms with E-state index in [0.29, 0.717) is 33.4 Å². The first-order chi connectivity index (χ1) is 13.1. The van der Waals surface area contributed by atoms with Crippen LogP contribution in [-0.4, -0.2) is 32.3 Å². The lowest BCUT2D eigenvalue weighted by atomic mass is 9.93. The molecule has 138 valence electrons. The first-order valence-electron chi connectivity index (χ1n) is 8.10. The van der Waals surface area contributed by atoms with Gasteiger partial charge in [-0.3, -0.25) is 9.67 Å². The molecule has 0 fully saturated rings. The number of benzene rings is 1. The van der Waals surface area contributed by atoms with Gasteiger partial charge in [0, 0.05) is 41.0 Å². The number of nitrogens with one attached hydrogen (secondary N) is 1. The number of hydrogen-bond acceptors (Lipinski definition) is 6. The third-order valence-electron chi connectivity index (χ3n) is 4.17. The number of aliphatic hydroxyl groups excluding tert-OH is 1. The Labute approximate surface area is 163 Å². The zero-order valence-corrected chi connectivity index (χ0v) is 15.8. The molecule has 0 aliphatic carbocycles. The van der Waals surface area contributed by atoms with E-state index in [0.717, 1.165) is 0 Å². The van der Waals surface area contributed by atoms with Crippen molar-refractivity contribution in [3.8, 4) is 0 Å². The highest BCUT2D eigenvalue weighted by atomic mass is 35.5. The summed E-state index contributed by atoms with van der Waals surface area (Å²) in [5.74, 6) is 0.103. The minimum Gasteiger partial charge on any atom is -0.390 e. The maximum absolute atomic E-state index is 13.6. The van der Waals surface area contributed by atoms with Crippen LogP contribution in [0.4, 0.5) is 4.39 Å². The van der Waals surface area contributed by atoms with E-state index in [1.165, 1.54) is 23.5 Å². The fraction of sp³-hybridized carbons (Fsp3) is 0.167. The number of rotatable bonds is 4. The van der Waals surface area contributed by atoms with Crippen LogP contribution >= 0.6 is 22.9 Å². The second-order valence-electron chi connectivity index (χ2n) is 5.93. The molecule has 0 saturated carbocycles. The van der Waals surface area contributed by atoms with E-state index >= 15 is 0 Å². The van der Waals surface area contributed by atoms with E-state index in [1.54, 1.807) is 23.1 Å². The minimum atomic E-state index is -0.560. The first-order valence-corrected chi connectivity index (χ1v) is 9.36. The maximum Gasteiger partial charge on any atom is 0.163 e. The van der Waals surface area contributed by atoms with Crippen molar-refractivity contribution in [2.24, 2.45) is 12.0 Å². The summed E-state index contributed by atoms with van der Waals surface area (Å²) in [7, 11) is 1.81. The molecule has 3 aromatic rings. The third-order valence-corrected chi connectivity index (χ3v) is 5.27. The van der Waals surface area contributed by atoms with Crippen molar-refractivity contribution < 1.29 is 9.50 Å². The average Bonchev–Trinajstić information content (AvgIpc) is 3.32. The van der Waals surface area contributed by atoms with Crippen LogP contribution in [0.5, 0.6) is 0 Å².